The summed E-state index contributed by atoms with van der Waals surface area (Å²) < 4.78 is 5.94. The Balaban J connectivity index is 1.38. The molecule has 2 heterocycles. The molecule has 5 heteroatoms. The van der Waals surface area contributed by atoms with E-state index in [1.165, 1.54) is 16.0 Å². The molecule has 2 aromatic rings. The van der Waals surface area contributed by atoms with Crippen molar-refractivity contribution in [3.05, 3.63) is 65.2 Å². The maximum atomic E-state index is 8.74. The van der Waals surface area contributed by atoms with Crippen molar-refractivity contribution >= 4 is 17.6 Å². The number of piperidine rings is 2. The molecule has 0 bridgehead atoms. The average Bonchev–Trinajstić information content (AvgIpc) is 2.84. The number of benzene rings is 2. The van der Waals surface area contributed by atoms with Crippen molar-refractivity contribution in [2.24, 2.45) is 0 Å². The highest BCUT2D eigenvalue weighted by molar-refractivity contribution is 7.98. The highest BCUT2D eigenvalue weighted by atomic mass is 32.2. The number of thioether (sulfide) groups is 1. The Morgan fingerprint density at radius 3 is 2.23 bits per heavy atom. The Hall–Kier alpha value is -1.82. The summed E-state index contributed by atoms with van der Waals surface area (Å²) >= 11 is 1.79. The number of amidine groups is 1. The number of nitrogens with one attached hydrogen (secondary N) is 2. The van der Waals surface area contributed by atoms with Gasteiger partial charge in [-0.25, -0.2) is 0 Å². The van der Waals surface area contributed by atoms with Crippen LogP contribution in [0.25, 0.3) is 0 Å². The summed E-state index contributed by atoms with van der Waals surface area (Å²) in [6, 6.07) is 17.6. The second kappa shape index (κ2) is 9.54. The molecule has 160 valence electrons. The number of likely N-dealkylation sites (tertiary alicyclic amines) is 1. The lowest BCUT2D eigenvalue weighted by molar-refractivity contribution is -0.0391. The molecule has 0 aromatic heterocycles. The van der Waals surface area contributed by atoms with Gasteiger partial charge < -0.3 is 15.0 Å². The van der Waals surface area contributed by atoms with Crippen LogP contribution in [0.15, 0.2) is 53.4 Å². The molecule has 0 atom stereocenters. The van der Waals surface area contributed by atoms with Crippen LogP contribution in [0, 0.1) is 5.41 Å². The fourth-order valence-corrected chi connectivity index (χ4v) is 5.28. The Labute approximate surface area is 184 Å². The van der Waals surface area contributed by atoms with Crippen LogP contribution in [0.1, 0.15) is 48.3 Å². The van der Waals surface area contributed by atoms with Gasteiger partial charge in [0.05, 0.1) is 5.60 Å². The molecule has 0 radical (unpaired) electrons. The lowest BCUT2D eigenvalue weighted by atomic mass is 9.84. The number of nitrogens with zero attached hydrogens (tertiary/aromatic N) is 1. The first-order chi connectivity index (χ1) is 14.6. The highest BCUT2D eigenvalue weighted by Gasteiger charge is 2.33. The molecule has 4 rings (SSSR count). The van der Waals surface area contributed by atoms with E-state index in [1.54, 1.807) is 11.8 Å². The number of hydrogen-bond donors (Lipinski definition) is 2. The third kappa shape index (κ3) is 4.43. The van der Waals surface area contributed by atoms with Crippen molar-refractivity contribution in [1.82, 2.24) is 10.2 Å². The summed E-state index contributed by atoms with van der Waals surface area (Å²) in [5.74, 6) is 1.25. The Kier molecular flexibility index (Phi) is 6.81. The minimum Gasteiger partial charge on any atom is -0.373 e. The number of rotatable bonds is 5. The van der Waals surface area contributed by atoms with E-state index in [2.05, 4.69) is 65.0 Å². The van der Waals surface area contributed by atoms with Gasteiger partial charge in [0.15, 0.2) is 0 Å². The minimum absolute atomic E-state index is 0.184. The summed E-state index contributed by atoms with van der Waals surface area (Å²) in [7, 11) is 1.82. The van der Waals surface area contributed by atoms with Gasteiger partial charge in [-0.05, 0) is 74.2 Å². The van der Waals surface area contributed by atoms with E-state index in [1.807, 2.05) is 7.11 Å². The fourth-order valence-electron chi connectivity index (χ4n) is 4.87. The van der Waals surface area contributed by atoms with Gasteiger partial charge in [-0.1, -0.05) is 36.4 Å². The number of methoxy groups -OCH3 is 1. The molecule has 2 aliphatic rings. The fraction of sp³-hybridized carbons (Fsp3) is 0.480. The van der Waals surface area contributed by atoms with Crippen molar-refractivity contribution in [2.75, 3.05) is 39.5 Å². The molecule has 2 aromatic carbocycles. The summed E-state index contributed by atoms with van der Waals surface area (Å²) in [4.78, 5) is 3.56. The zero-order chi connectivity index (χ0) is 21.0. The first-order valence-corrected chi connectivity index (χ1v) is 12.2. The van der Waals surface area contributed by atoms with Crippen LogP contribution >= 0.6 is 11.8 Å². The summed E-state index contributed by atoms with van der Waals surface area (Å²) in [5.41, 5.74) is 3.49. The zero-order valence-corrected chi connectivity index (χ0v) is 18.9. The smallest absolute Gasteiger partial charge is 0.128 e. The van der Waals surface area contributed by atoms with Gasteiger partial charge in [0.1, 0.15) is 5.84 Å². The molecule has 30 heavy (non-hydrogen) atoms. The van der Waals surface area contributed by atoms with E-state index < -0.39 is 0 Å². The van der Waals surface area contributed by atoms with Gasteiger partial charge >= 0.3 is 0 Å². The molecule has 2 N–H and O–H groups in total. The predicted octanol–water partition coefficient (Wildman–Crippen LogP) is 4.84. The Morgan fingerprint density at radius 2 is 1.67 bits per heavy atom. The first-order valence-electron chi connectivity index (χ1n) is 11.0. The SMILES string of the molecule is COC1(c2ccc(C(=N)N3CCC(c4ccc(SC)cc4)CC3)cc2)CCNCC1. The molecule has 2 saturated heterocycles. The molecule has 0 saturated carbocycles. The van der Waals surface area contributed by atoms with Crippen LogP contribution in [0.4, 0.5) is 0 Å². The summed E-state index contributed by atoms with van der Waals surface area (Å²) in [5, 5.41) is 12.2. The molecule has 4 nitrogen and oxygen atoms in total. The summed E-state index contributed by atoms with van der Waals surface area (Å²) in [6.07, 6.45) is 6.32. The molecule has 0 unspecified atom stereocenters. The van der Waals surface area contributed by atoms with Crippen LogP contribution in [0.3, 0.4) is 0 Å². The quantitative estimate of drug-likeness (QED) is 0.410. The van der Waals surface area contributed by atoms with Gasteiger partial charge in [-0.3, -0.25) is 5.41 Å². The average molecular weight is 424 g/mol. The van der Waals surface area contributed by atoms with E-state index in [4.69, 9.17) is 10.1 Å². The van der Waals surface area contributed by atoms with Gasteiger partial charge in [0.25, 0.3) is 0 Å². The molecule has 2 fully saturated rings. The molecule has 0 amide bonds. The molecule has 0 aliphatic carbocycles. The third-order valence-corrected chi connectivity index (χ3v) is 7.63. The van der Waals surface area contributed by atoms with E-state index in [0.29, 0.717) is 11.8 Å². The summed E-state index contributed by atoms with van der Waals surface area (Å²) in [6.45, 7) is 3.87. The van der Waals surface area contributed by atoms with Gasteiger partial charge in [-0.2, -0.15) is 0 Å². The maximum Gasteiger partial charge on any atom is 0.128 e. The minimum atomic E-state index is -0.184. The van der Waals surface area contributed by atoms with Crippen LogP contribution in [0.2, 0.25) is 0 Å². The topological polar surface area (TPSA) is 48.4 Å². The normalized spacial score (nSPS) is 19.6. The lowest BCUT2D eigenvalue weighted by Gasteiger charge is -2.37. The van der Waals surface area contributed by atoms with Crippen molar-refractivity contribution in [3.8, 4) is 0 Å². The van der Waals surface area contributed by atoms with E-state index in [0.717, 1.165) is 57.4 Å². The Morgan fingerprint density at radius 1 is 1.03 bits per heavy atom. The largest absolute Gasteiger partial charge is 0.373 e. The molecule has 0 spiro atoms. The zero-order valence-electron chi connectivity index (χ0n) is 18.1. The maximum absolute atomic E-state index is 8.74. The van der Waals surface area contributed by atoms with Gasteiger partial charge in [0, 0.05) is 30.7 Å². The Bertz CT molecular complexity index is 836. The van der Waals surface area contributed by atoms with Crippen LogP contribution < -0.4 is 5.32 Å². The van der Waals surface area contributed by atoms with Gasteiger partial charge in [0.2, 0.25) is 0 Å². The van der Waals surface area contributed by atoms with E-state index >= 15 is 0 Å². The van der Waals surface area contributed by atoms with E-state index in [9.17, 15) is 0 Å². The van der Waals surface area contributed by atoms with Crippen molar-refractivity contribution in [2.45, 2.75) is 42.1 Å². The lowest BCUT2D eigenvalue weighted by Crippen LogP contribution is -2.41. The second-order valence-electron chi connectivity index (χ2n) is 8.41. The molecular formula is C25H33N3OS. The standard InChI is InChI=1S/C25H33N3OS/c1-29-25(13-15-27-16-14-25)22-7-3-21(4-8-22)24(26)28-17-11-20(12-18-28)19-5-9-23(30-2)10-6-19/h3-10,20,26-27H,11-18H2,1-2H3. The molecule has 2 aliphatic heterocycles. The van der Waals surface area contributed by atoms with Gasteiger partial charge in [-0.15, -0.1) is 11.8 Å². The van der Waals surface area contributed by atoms with Crippen molar-refractivity contribution < 1.29 is 4.74 Å². The highest BCUT2D eigenvalue weighted by Crippen LogP contribution is 2.35. The van der Waals surface area contributed by atoms with Crippen LogP contribution in [-0.2, 0) is 10.3 Å². The second-order valence-corrected chi connectivity index (χ2v) is 9.29. The predicted molar refractivity (Wildman–Crippen MR) is 126 cm³/mol. The van der Waals surface area contributed by atoms with Crippen molar-refractivity contribution in [3.63, 3.8) is 0 Å². The van der Waals surface area contributed by atoms with E-state index in [-0.39, 0.29) is 5.60 Å². The number of hydrogen-bond acceptors (Lipinski definition) is 4. The third-order valence-electron chi connectivity index (χ3n) is 6.88. The van der Waals surface area contributed by atoms with Crippen LogP contribution in [0.5, 0.6) is 0 Å². The monoisotopic (exact) mass is 423 g/mol. The first kappa shape index (κ1) is 21.4. The van der Waals surface area contributed by atoms with Crippen LogP contribution in [-0.4, -0.2) is 50.3 Å². The number of ether oxygens (including phenoxy) is 1. The van der Waals surface area contributed by atoms with Crippen molar-refractivity contribution in [1.29, 1.82) is 5.41 Å². The molecular weight excluding hydrogens is 390 g/mol.